The monoisotopic (exact) mass is 410 g/mol. The Kier molecular flexibility index (Phi) is 6.35. The quantitative estimate of drug-likeness (QED) is 0.791. The molecular formula is C23H30N4O3. The highest BCUT2D eigenvalue weighted by atomic mass is 16.5. The van der Waals surface area contributed by atoms with Crippen molar-refractivity contribution in [1.82, 2.24) is 14.5 Å². The van der Waals surface area contributed by atoms with Gasteiger partial charge in [-0.05, 0) is 49.9 Å². The molecule has 0 bridgehead atoms. The zero-order chi connectivity index (χ0) is 20.9. The van der Waals surface area contributed by atoms with Gasteiger partial charge in [0.2, 0.25) is 11.8 Å². The fourth-order valence-electron chi connectivity index (χ4n) is 4.43. The molecule has 1 atom stereocenters. The number of hydrogen-bond donors (Lipinski definition) is 1. The molecule has 4 rings (SSSR count). The second-order valence-electron chi connectivity index (χ2n) is 8.28. The van der Waals surface area contributed by atoms with E-state index in [1.807, 2.05) is 47.0 Å². The molecule has 30 heavy (non-hydrogen) atoms. The third-order valence-corrected chi connectivity index (χ3v) is 6.20. The number of likely N-dealkylation sites (tertiary alicyclic amines) is 1. The van der Waals surface area contributed by atoms with Gasteiger partial charge in [0.05, 0.1) is 0 Å². The first-order chi connectivity index (χ1) is 14.6. The second-order valence-corrected chi connectivity index (χ2v) is 8.28. The van der Waals surface area contributed by atoms with E-state index >= 15 is 0 Å². The lowest BCUT2D eigenvalue weighted by atomic mass is 9.88. The second kappa shape index (κ2) is 9.32. The smallest absolute Gasteiger partial charge is 0.247 e. The number of hydrogen-bond acceptors (Lipinski definition) is 4. The van der Waals surface area contributed by atoms with Gasteiger partial charge in [0.15, 0.2) is 0 Å². The number of carbonyl (C=O) groups is 2. The van der Waals surface area contributed by atoms with Gasteiger partial charge in [-0.3, -0.25) is 9.59 Å². The van der Waals surface area contributed by atoms with Crippen molar-refractivity contribution in [2.45, 2.75) is 57.6 Å². The van der Waals surface area contributed by atoms with Crippen LogP contribution in [0.2, 0.25) is 0 Å². The average molecular weight is 411 g/mol. The van der Waals surface area contributed by atoms with E-state index in [2.05, 4.69) is 10.3 Å². The average Bonchev–Trinajstić information content (AvgIpc) is 3.42. The Morgan fingerprint density at radius 1 is 1.10 bits per heavy atom. The molecule has 1 saturated heterocycles. The number of rotatable bonds is 6. The maximum absolute atomic E-state index is 12.9. The highest BCUT2D eigenvalue weighted by Gasteiger charge is 2.37. The molecule has 0 radical (unpaired) electrons. The van der Waals surface area contributed by atoms with Crippen molar-refractivity contribution in [2.75, 3.05) is 11.9 Å². The molecule has 7 heteroatoms. The maximum atomic E-state index is 12.9. The van der Waals surface area contributed by atoms with Gasteiger partial charge in [-0.15, -0.1) is 0 Å². The topological polar surface area (TPSA) is 76.5 Å². The third-order valence-electron chi connectivity index (χ3n) is 6.20. The molecule has 1 aliphatic carbocycles. The summed E-state index contributed by atoms with van der Waals surface area (Å²) in [4.78, 5) is 31.8. The number of carbonyl (C=O) groups excluding carboxylic acids is 2. The van der Waals surface area contributed by atoms with Crippen LogP contribution in [0.5, 0.6) is 5.75 Å². The molecule has 1 aromatic heterocycles. The van der Waals surface area contributed by atoms with Crippen LogP contribution in [0.3, 0.4) is 0 Å². The van der Waals surface area contributed by atoms with Crippen LogP contribution in [0.15, 0.2) is 36.7 Å². The van der Waals surface area contributed by atoms with Crippen molar-refractivity contribution in [3.8, 4) is 5.75 Å². The molecule has 0 spiro atoms. The molecule has 2 amide bonds. The first-order valence-corrected chi connectivity index (χ1v) is 10.9. The molecule has 1 saturated carbocycles. The Hall–Kier alpha value is -2.83. The summed E-state index contributed by atoms with van der Waals surface area (Å²) in [6, 6.07) is 6.96. The highest BCUT2D eigenvalue weighted by molar-refractivity contribution is 5.97. The van der Waals surface area contributed by atoms with E-state index in [9.17, 15) is 9.59 Å². The van der Waals surface area contributed by atoms with E-state index in [1.165, 1.54) is 6.42 Å². The molecule has 1 unspecified atom stereocenters. The third kappa shape index (κ3) is 4.66. The lowest BCUT2D eigenvalue weighted by molar-refractivity contribution is -0.141. The van der Waals surface area contributed by atoms with Gasteiger partial charge in [0.1, 0.15) is 24.2 Å². The molecule has 2 heterocycles. The lowest BCUT2D eigenvalue weighted by Gasteiger charge is -2.30. The number of benzene rings is 1. The fraction of sp³-hybridized carbons (Fsp3) is 0.522. The van der Waals surface area contributed by atoms with E-state index in [-0.39, 0.29) is 23.8 Å². The predicted molar refractivity (Wildman–Crippen MR) is 114 cm³/mol. The van der Waals surface area contributed by atoms with Crippen molar-refractivity contribution >= 4 is 17.5 Å². The minimum absolute atomic E-state index is 0.0988. The predicted octanol–water partition coefficient (Wildman–Crippen LogP) is 3.51. The lowest BCUT2D eigenvalue weighted by Crippen LogP contribution is -2.46. The Bertz CT molecular complexity index is 871. The van der Waals surface area contributed by atoms with Crippen molar-refractivity contribution in [3.05, 3.63) is 42.5 Å². The van der Waals surface area contributed by atoms with Crippen LogP contribution in [-0.2, 0) is 23.2 Å². The zero-order valence-electron chi connectivity index (χ0n) is 17.5. The number of aryl methyl sites for hydroxylation is 1. The molecule has 160 valence electrons. The van der Waals surface area contributed by atoms with Crippen LogP contribution >= 0.6 is 0 Å². The van der Waals surface area contributed by atoms with Gasteiger partial charge in [-0.1, -0.05) is 19.3 Å². The molecule has 1 N–H and O–H groups in total. The van der Waals surface area contributed by atoms with E-state index in [4.69, 9.17) is 4.74 Å². The molecule has 2 fully saturated rings. The number of aromatic nitrogens is 2. The number of imidazole rings is 1. The SMILES string of the molecule is Cn1ccnc1COc1ccc(NC(=O)C2CCCN2C(=O)C2CCCCC2)cc1. The molecule has 2 aliphatic rings. The summed E-state index contributed by atoms with van der Waals surface area (Å²) in [6.45, 7) is 1.07. The van der Waals surface area contributed by atoms with Gasteiger partial charge >= 0.3 is 0 Å². The summed E-state index contributed by atoms with van der Waals surface area (Å²) in [5, 5.41) is 2.97. The Labute approximate surface area is 177 Å². The summed E-state index contributed by atoms with van der Waals surface area (Å²) in [5.74, 6) is 1.73. The standard InChI is InChI=1S/C23H30N4O3/c1-26-15-13-24-21(26)16-30-19-11-9-18(10-12-19)25-22(28)20-8-5-14-27(20)23(29)17-6-3-2-4-7-17/h9-13,15,17,20H,2-8,14,16H2,1H3,(H,25,28). The Balaban J connectivity index is 1.32. The van der Waals surface area contributed by atoms with E-state index in [0.29, 0.717) is 24.6 Å². The number of ether oxygens (including phenoxy) is 1. The van der Waals surface area contributed by atoms with E-state index in [1.54, 1.807) is 6.20 Å². The van der Waals surface area contributed by atoms with Gasteiger partial charge in [0, 0.05) is 37.6 Å². The summed E-state index contributed by atoms with van der Waals surface area (Å²) < 4.78 is 7.67. The van der Waals surface area contributed by atoms with Crippen LogP contribution in [0.1, 0.15) is 50.8 Å². The van der Waals surface area contributed by atoms with Crippen LogP contribution in [0, 0.1) is 5.92 Å². The van der Waals surface area contributed by atoms with Gasteiger partial charge < -0.3 is 19.5 Å². The molecule has 1 aromatic carbocycles. The minimum Gasteiger partial charge on any atom is -0.486 e. The van der Waals surface area contributed by atoms with Crippen molar-refractivity contribution in [2.24, 2.45) is 13.0 Å². The number of nitrogens with one attached hydrogen (secondary N) is 1. The Morgan fingerprint density at radius 2 is 1.87 bits per heavy atom. The van der Waals surface area contributed by atoms with Crippen LogP contribution in [0.4, 0.5) is 5.69 Å². The largest absolute Gasteiger partial charge is 0.486 e. The van der Waals surface area contributed by atoms with Crippen LogP contribution in [0.25, 0.3) is 0 Å². The van der Waals surface area contributed by atoms with E-state index < -0.39 is 0 Å². The summed E-state index contributed by atoms with van der Waals surface area (Å²) in [6.07, 6.45) is 10.6. The van der Waals surface area contributed by atoms with Crippen molar-refractivity contribution in [1.29, 1.82) is 0 Å². The van der Waals surface area contributed by atoms with Gasteiger partial charge in [-0.2, -0.15) is 0 Å². The first-order valence-electron chi connectivity index (χ1n) is 10.9. The van der Waals surface area contributed by atoms with Crippen molar-refractivity contribution < 1.29 is 14.3 Å². The molecule has 2 aromatic rings. The number of anilines is 1. The normalized spacial score (nSPS) is 19.6. The number of amides is 2. The molecule has 1 aliphatic heterocycles. The Morgan fingerprint density at radius 3 is 2.57 bits per heavy atom. The van der Waals surface area contributed by atoms with Crippen molar-refractivity contribution in [3.63, 3.8) is 0 Å². The maximum Gasteiger partial charge on any atom is 0.247 e. The summed E-state index contributed by atoms with van der Waals surface area (Å²) >= 11 is 0. The van der Waals surface area contributed by atoms with Gasteiger partial charge in [0.25, 0.3) is 0 Å². The fourth-order valence-corrected chi connectivity index (χ4v) is 4.43. The molecule has 7 nitrogen and oxygen atoms in total. The molecular weight excluding hydrogens is 380 g/mol. The summed E-state index contributed by atoms with van der Waals surface area (Å²) in [5.41, 5.74) is 0.710. The number of nitrogens with zero attached hydrogens (tertiary/aromatic N) is 3. The van der Waals surface area contributed by atoms with Crippen LogP contribution < -0.4 is 10.1 Å². The highest BCUT2D eigenvalue weighted by Crippen LogP contribution is 2.29. The zero-order valence-corrected chi connectivity index (χ0v) is 17.5. The van der Waals surface area contributed by atoms with Crippen LogP contribution in [-0.4, -0.2) is 38.9 Å². The van der Waals surface area contributed by atoms with Gasteiger partial charge in [-0.25, -0.2) is 4.98 Å². The van der Waals surface area contributed by atoms with E-state index in [0.717, 1.165) is 44.3 Å². The minimum atomic E-state index is -0.362. The first kappa shape index (κ1) is 20.4. The summed E-state index contributed by atoms with van der Waals surface area (Å²) in [7, 11) is 1.93.